The number of rotatable bonds is 2. The lowest BCUT2D eigenvalue weighted by Gasteiger charge is -2.18. The molecule has 2 aromatic carbocycles. The second kappa shape index (κ2) is 8.85. The summed E-state index contributed by atoms with van der Waals surface area (Å²) in [5.41, 5.74) is 4.28. The Morgan fingerprint density at radius 3 is 2.19 bits per heavy atom. The molecule has 2 aliphatic heterocycles. The van der Waals surface area contributed by atoms with Crippen molar-refractivity contribution in [2.24, 2.45) is 5.92 Å². The van der Waals surface area contributed by atoms with Crippen LogP contribution in [0.15, 0.2) is 48.5 Å². The second-order valence-corrected chi connectivity index (χ2v) is 6.52. The smallest absolute Gasteiger partial charge is 0.326 e. The van der Waals surface area contributed by atoms with Crippen molar-refractivity contribution in [1.29, 1.82) is 0 Å². The van der Waals surface area contributed by atoms with Crippen LogP contribution >= 0.6 is 0 Å². The van der Waals surface area contributed by atoms with Gasteiger partial charge in [-0.05, 0) is 36.8 Å². The van der Waals surface area contributed by atoms with Gasteiger partial charge in [0.2, 0.25) is 0 Å². The zero-order valence-corrected chi connectivity index (χ0v) is 16.1. The van der Waals surface area contributed by atoms with Gasteiger partial charge in [0.05, 0.1) is 19.8 Å². The summed E-state index contributed by atoms with van der Waals surface area (Å²) < 4.78 is 5.11. The normalized spacial score (nSPS) is 20.8. The molecule has 0 N–H and O–H groups in total. The molecule has 0 spiro atoms. The van der Waals surface area contributed by atoms with E-state index in [1.807, 2.05) is 50.2 Å². The molecular weight excluding hydrogens is 338 g/mol. The first-order chi connectivity index (χ1) is 13.2. The molecule has 0 saturated carbocycles. The van der Waals surface area contributed by atoms with Gasteiger partial charge < -0.3 is 4.74 Å². The maximum atomic E-state index is 11.8. The van der Waals surface area contributed by atoms with Gasteiger partial charge in [0.1, 0.15) is 6.04 Å². The van der Waals surface area contributed by atoms with E-state index < -0.39 is 0 Å². The quantitative estimate of drug-likeness (QED) is 0.602. The lowest BCUT2D eigenvalue weighted by atomic mass is 10.1. The van der Waals surface area contributed by atoms with Crippen LogP contribution in [0.25, 0.3) is 0 Å². The van der Waals surface area contributed by atoms with Crippen molar-refractivity contribution < 1.29 is 14.4 Å². The molecule has 0 radical (unpaired) electrons. The van der Waals surface area contributed by atoms with Gasteiger partial charge >= 0.3 is 5.97 Å². The largest absolute Gasteiger partial charge is 0.464 e. The first-order valence-electron chi connectivity index (χ1n) is 9.43. The molecule has 27 heavy (non-hydrogen) atoms. The molecule has 0 bridgehead atoms. The first kappa shape index (κ1) is 19.2. The van der Waals surface area contributed by atoms with Gasteiger partial charge in [-0.3, -0.25) is 9.63 Å². The average Bonchev–Trinajstić information content (AvgIpc) is 3.28. The van der Waals surface area contributed by atoms with Crippen LogP contribution in [-0.2, 0) is 20.9 Å². The standard InChI is InChI=1S/C21H19NO3.C2H6/c1-15-2-4-16(5-3-15)6-7-17-8-10-18(11-9-17)12-22-20-19(14-25-22)13-24-21(20)23;1-2/h2-5,8-11,19-20H,12-14H2,1H3;1-2H3. The molecule has 2 atom stereocenters. The van der Waals surface area contributed by atoms with Crippen LogP contribution in [0.3, 0.4) is 0 Å². The monoisotopic (exact) mass is 363 g/mol. The molecule has 4 rings (SSSR count). The fourth-order valence-corrected chi connectivity index (χ4v) is 3.12. The fourth-order valence-electron chi connectivity index (χ4n) is 3.12. The summed E-state index contributed by atoms with van der Waals surface area (Å²) in [7, 11) is 0. The Hall–Kier alpha value is -2.61. The van der Waals surface area contributed by atoms with E-state index >= 15 is 0 Å². The van der Waals surface area contributed by atoms with E-state index in [4.69, 9.17) is 9.57 Å². The van der Waals surface area contributed by atoms with E-state index in [2.05, 4.69) is 30.9 Å². The van der Waals surface area contributed by atoms with Gasteiger partial charge in [0.25, 0.3) is 0 Å². The molecular formula is C23H25NO3. The van der Waals surface area contributed by atoms with Crippen molar-refractivity contribution in [2.45, 2.75) is 33.4 Å². The predicted octanol–water partition coefficient (Wildman–Crippen LogP) is 3.71. The molecule has 2 saturated heterocycles. The zero-order valence-electron chi connectivity index (χ0n) is 16.1. The average molecular weight is 363 g/mol. The summed E-state index contributed by atoms with van der Waals surface area (Å²) in [6.07, 6.45) is 0. The number of hydrogen-bond donors (Lipinski definition) is 0. The lowest BCUT2D eigenvalue weighted by molar-refractivity contribution is -0.170. The van der Waals surface area contributed by atoms with Gasteiger partial charge in [-0.1, -0.05) is 55.5 Å². The molecule has 0 aliphatic carbocycles. The van der Waals surface area contributed by atoms with E-state index in [0.29, 0.717) is 19.8 Å². The number of nitrogens with zero attached hydrogens (tertiary/aromatic N) is 1. The summed E-state index contributed by atoms with van der Waals surface area (Å²) in [5.74, 6) is 6.33. The van der Waals surface area contributed by atoms with E-state index in [9.17, 15) is 4.79 Å². The lowest BCUT2D eigenvalue weighted by Crippen LogP contribution is -2.34. The third-order valence-corrected chi connectivity index (χ3v) is 4.59. The Balaban J connectivity index is 0.00000102. The minimum absolute atomic E-state index is 0.159. The number of hydrogen-bond acceptors (Lipinski definition) is 4. The van der Waals surface area contributed by atoms with E-state index in [1.165, 1.54) is 5.56 Å². The molecule has 2 heterocycles. The predicted molar refractivity (Wildman–Crippen MR) is 105 cm³/mol. The molecule has 0 aromatic heterocycles. The highest BCUT2D eigenvalue weighted by molar-refractivity contribution is 5.78. The Kier molecular flexibility index (Phi) is 6.28. The molecule has 0 amide bonds. The van der Waals surface area contributed by atoms with Crippen LogP contribution in [0, 0.1) is 24.7 Å². The van der Waals surface area contributed by atoms with Crippen molar-refractivity contribution in [3.05, 3.63) is 70.8 Å². The molecule has 4 heteroatoms. The van der Waals surface area contributed by atoms with Gasteiger partial charge in [0, 0.05) is 17.0 Å². The maximum absolute atomic E-state index is 11.8. The number of hydroxylamine groups is 2. The van der Waals surface area contributed by atoms with Crippen LogP contribution in [0.1, 0.15) is 36.1 Å². The van der Waals surface area contributed by atoms with Gasteiger partial charge in [0.15, 0.2) is 0 Å². The molecule has 4 nitrogen and oxygen atoms in total. The molecule has 2 aromatic rings. The first-order valence-corrected chi connectivity index (χ1v) is 9.43. The number of benzene rings is 2. The molecule has 140 valence electrons. The third kappa shape index (κ3) is 4.57. The maximum Gasteiger partial charge on any atom is 0.326 e. The number of esters is 1. The summed E-state index contributed by atoms with van der Waals surface area (Å²) in [6, 6.07) is 16.0. The van der Waals surface area contributed by atoms with Crippen molar-refractivity contribution in [1.82, 2.24) is 5.06 Å². The van der Waals surface area contributed by atoms with Crippen LogP contribution < -0.4 is 0 Å². The zero-order chi connectivity index (χ0) is 19.2. The highest BCUT2D eigenvalue weighted by Gasteiger charge is 2.47. The van der Waals surface area contributed by atoms with Gasteiger partial charge in [-0.2, -0.15) is 5.06 Å². The number of ether oxygens (including phenoxy) is 1. The van der Waals surface area contributed by atoms with Crippen LogP contribution in [0.5, 0.6) is 0 Å². The van der Waals surface area contributed by atoms with Crippen LogP contribution in [0.2, 0.25) is 0 Å². The van der Waals surface area contributed by atoms with Crippen molar-refractivity contribution in [2.75, 3.05) is 13.2 Å². The minimum Gasteiger partial charge on any atom is -0.464 e. The topological polar surface area (TPSA) is 38.8 Å². The molecule has 2 unspecified atom stereocenters. The summed E-state index contributed by atoms with van der Waals surface area (Å²) >= 11 is 0. The third-order valence-electron chi connectivity index (χ3n) is 4.59. The Morgan fingerprint density at radius 2 is 1.56 bits per heavy atom. The highest BCUT2D eigenvalue weighted by atomic mass is 16.7. The van der Waals surface area contributed by atoms with Crippen LogP contribution in [0.4, 0.5) is 0 Å². The summed E-state index contributed by atoms with van der Waals surface area (Å²) in [5, 5.41) is 1.74. The number of cyclic esters (lactones) is 1. The van der Waals surface area contributed by atoms with Crippen molar-refractivity contribution in [3.8, 4) is 11.8 Å². The molecule has 2 aliphatic rings. The fraction of sp³-hybridized carbons (Fsp3) is 0.348. The SMILES string of the molecule is CC.Cc1ccc(C#Cc2ccc(CN3OCC4COC(=O)C43)cc2)cc1. The highest BCUT2D eigenvalue weighted by Crippen LogP contribution is 2.29. The van der Waals surface area contributed by atoms with Crippen LogP contribution in [-0.4, -0.2) is 30.3 Å². The minimum atomic E-state index is -0.263. The summed E-state index contributed by atoms with van der Waals surface area (Å²) in [4.78, 5) is 17.4. The Labute approximate surface area is 161 Å². The Morgan fingerprint density at radius 1 is 0.963 bits per heavy atom. The number of carbonyl (C=O) groups is 1. The van der Waals surface area contributed by atoms with Crippen molar-refractivity contribution in [3.63, 3.8) is 0 Å². The van der Waals surface area contributed by atoms with Gasteiger partial charge in [-0.25, -0.2) is 0 Å². The molecule has 2 fully saturated rings. The second-order valence-electron chi connectivity index (χ2n) is 6.52. The Bertz CT molecular complexity index is 831. The van der Waals surface area contributed by atoms with Crippen molar-refractivity contribution >= 4 is 5.97 Å². The van der Waals surface area contributed by atoms with E-state index in [-0.39, 0.29) is 17.9 Å². The number of fused-ring (bicyclic) bond motifs is 1. The van der Waals surface area contributed by atoms with Gasteiger partial charge in [-0.15, -0.1) is 0 Å². The summed E-state index contributed by atoms with van der Waals surface area (Å²) in [6.45, 7) is 7.65. The number of carbonyl (C=O) groups excluding carboxylic acids is 1. The van der Waals surface area contributed by atoms with E-state index in [1.54, 1.807) is 5.06 Å². The van der Waals surface area contributed by atoms with E-state index in [0.717, 1.165) is 16.7 Å². The number of aryl methyl sites for hydroxylation is 1.